The van der Waals surface area contributed by atoms with Crippen LogP contribution in [0.3, 0.4) is 0 Å². The smallest absolute Gasteiger partial charge is 0.131 e. The number of H-pyrrole nitrogens is 1. The lowest BCUT2D eigenvalue weighted by Gasteiger charge is -2.14. The van der Waals surface area contributed by atoms with Crippen molar-refractivity contribution in [1.29, 1.82) is 0 Å². The number of phenolic OH excluding ortho intramolecular Hbond substituents is 1. The van der Waals surface area contributed by atoms with Crippen molar-refractivity contribution in [3.05, 3.63) is 50.7 Å². The van der Waals surface area contributed by atoms with Crippen molar-refractivity contribution in [3.8, 4) is 17.0 Å². The predicted molar refractivity (Wildman–Crippen MR) is 108 cm³/mol. The fraction of sp³-hybridized carbons (Fsp3) is 0.200. The summed E-state index contributed by atoms with van der Waals surface area (Å²) in [6.07, 6.45) is 5.20. The molecule has 1 aliphatic rings. The van der Waals surface area contributed by atoms with E-state index in [-0.39, 0.29) is 0 Å². The average Bonchev–Trinajstić information content (AvgIpc) is 3.26. The molecule has 1 aliphatic carbocycles. The van der Waals surface area contributed by atoms with Crippen molar-refractivity contribution >= 4 is 44.4 Å². The van der Waals surface area contributed by atoms with Gasteiger partial charge in [-0.3, -0.25) is 5.10 Å². The summed E-state index contributed by atoms with van der Waals surface area (Å²) >= 11 is 2.19. The molecule has 0 atom stereocenters. The van der Waals surface area contributed by atoms with Gasteiger partial charge in [-0.1, -0.05) is 0 Å². The van der Waals surface area contributed by atoms with Crippen molar-refractivity contribution in [2.45, 2.75) is 26.2 Å². The van der Waals surface area contributed by atoms with E-state index < -0.39 is 0 Å². The van der Waals surface area contributed by atoms with Gasteiger partial charge in [-0.2, -0.15) is 5.10 Å². The fourth-order valence-corrected chi connectivity index (χ4v) is 4.76. The topological polar surface area (TPSA) is 61.8 Å². The molecule has 25 heavy (non-hydrogen) atoms. The Morgan fingerprint density at radius 3 is 2.84 bits per heavy atom. The van der Waals surface area contributed by atoms with Gasteiger partial charge in [-0.05, 0) is 89.7 Å². The Kier molecular flexibility index (Phi) is 3.28. The van der Waals surface area contributed by atoms with E-state index in [1.54, 1.807) is 0 Å². The number of rotatable bonds is 1. The van der Waals surface area contributed by atoms with Gasteiger partial charge in [0.05, 0.1) is 26.5 Å². The van der Waals surface area contributed by atoms with Crippen LogP contribution in [0.2, 0.25) is 0 Å². The maximum atomic E-state index is 10.1. The Hall–Kier alpha value is -2.15. The van der Waals surface area contributed by atoms with Gasteiger partial charge in [0.15, 0.2) is 0 Å². The van der Waals surface area contributed by atoms with E-state index in [1.165, 1.54) is 16.5 Å². The molecule has 2 aromatic heterocycles. The fourth-order valence-electron chi connectivity index (χ4n) is 4.00. The van der Waals surface area contributed by atoms with Crippen LogP contribution < -0.4 is 0 Å². The Morgan fingerprint density at radius 2 is 2.00 bits per heavy atom. The van der Waals surface area contributed by atoms with E-state index in [1.807, 2.05) is 25.3 Å². The molecular formula is C20H16IN3O. The lowest BCUT2D eigenvalue weighted by molar-refractivity contribution is 0.467. The van der Waals surface area contributed by atoms with Gasteiger partial charge in [-0.15, -0.1) is 0 Å². The molecule has 4 aromatic rings. The minimum atomic E-state index is 0.363. The zero-order valence-corrected chi connectivity index (χ0v) is 15.9. The highest BCUT2D eigenvalue weighted by molar-refractivity contribution is 14.1. The Bertz CT molecular complexity index is 1140. The van der Waals surface area contributed by atoms with Gasteiger partial charge in [0.25, 0.3) is 0 Å². The third-order valence-corrected chi connectivity index (χ3v) is 5.99. The highest BCUT2D eigenvalue weighted by Gasteiger charge is 2.23. The van der Waals surface area contributed by atoms with E-state index >= 15 is 0 Å². The second-order valence-electron chi connectivity index (χ2n) is 6.69. The number of aromatic amines is 1. The van der Waals surface area contributed by atoms with Gasteiger partial charge in [0, 0.05) is 16.3 Å². The van der Waals surface area contributed by atoms with Gasteiger partial charge in [0.2, 0.25) is 0 Å². The molecule has 0 unspecified atom stereocenters. The minimum absolute atomic E-state index is 0.363. The van der Waals surface area contributed by atoms with E-state index in [4.69, 9.17) is 4.98 Å². The Labute approximate surface area is 158 Å². The highest BCUT2D eigenvalue weighted by atomic mass is 127. The quantitative estimate of drug-likeness (QED) is 0.414. The largest absolute Gasteiger partial charge is 0.507 e. The second-order valence-corrected chi connectivity index (χ2v) is 7.85. The number of nitrogens with one attached hydrogen (secondary N) is 1. The van der Waals surface area contributed by atoms with Gasteiger partial charge >= 0.3 is 0 Å². The lowest BCUT2D eigenvalue weighted by Crippen LogP contribution is -1.97. The maximum absolute atomic E-state index is 10.1. The van der Waals surface area contributed by atoms with Crippen molar-refractivity contribution in [2.24, 2.45) is 0 Å². The number of aryl methyl sites for hydroxylation is 2. The number of hydrogen-bond acceptors (Lipinski definition) is 3. The first-order valence-corrected chi connectivity index (χ1v) is 9.48. The number of fused-ring (bicyclic) bond motifs is 5. The summed E-state index contributed by atoms with van der Waals surface area (Å²) in [6.45, 7) is 1.94. The molecule has 2 heterocycles. The number of aromatic nitrogens is 3. The van der Waals surface area contributed by atoms with Crippen LogP contribution in [-0.2, 0) is 12.8 Å². The first kappa shape index (κ1) is 15.1. The number of phenols is 1. The molecule has 0 saturated heterocycles. The first-order chi connectivity index (χ1) is 12.1. The van der Waals surface area contributed by atoms with Gasteiger partial charge in [0.1, 0.15) is 5.75 Å². The highest BCUT2D eigenvalue weighted by Crippen LogP contribution is 2.40. The molecule has 0 radical (unpaired) electrons. The second kappa shape index (κ2) is 5.42. The molecule has 4 nitrogen and oxygen atoms in total. The van der Waals surface area contributed by atoms with Gasteiger partial charge < -0.3 is 5.11 Å². The summed E-state index contributed by atoms with van der Waals surface area (Å²) < 4.78 is 0.867. The van der Waals surface area contributed by atoms with Crippen molar-refractivity contribution in [3.63, 3.8) is 0 Å². The molecule has 5 rings (SSSR count). The molecule has 0 fully saturated rings. The normalized spacial score (nSPS) is 13.7. The molecular weight excluding hydrogens is 425 g/mol. The van der Waals surface area contributed by atoms with Crippen molar-refractivity contribution in [1.82, 2.24) is 15.2 Å². The predicted octanol–water partition coefficient (Wildman–Crippen LogP) is 4.89. The van der Waals surface area contributed by atoms with Crippen LogP contribution in [0.1, 0.15) is 23.1 Å². The number of halogens is 1. The van der Waals surface area contributed by atoms with Crippen molar-refractivity contribution in [2.75, 3.05) is 0 Å². The molecule has 0 bridgehead atoms. The molecule has 0 spiro atoms. The summed E-state index contributed by atoms with van der Waals surface area (Å²) in [4.78, 5) is 5.03. The zero-order chi connectivity index (χ0) is 17.1. The first-order valence-electron chi connectivity index (χ1n) is 8.40. The van der Waals surface area contributed by atoms with Crippen LogP contribution in [0, 0.1) is 10.5 Å². The standard InChI is InChI=1S/C20H16IN3O/c1-10-7-11(8-15(21)20(10)25)19-13-4-2-3-12(13)18-14-9-22-24-16(14)5-6-17(18)23-19/h5-9,25H,2-4H2,1H3,(H,22,24). The third kappa shape index (κ3) is 2.18. The summed E-state index contributed by atoms with van der Waals surface area (Å²) in [5.74, 6) is 0.363. The van der Waals surface area contributed by atoms with Crippen LogP contribution in [0.5, 0.6) is 5.75 Å². The summed E-state index contributed by atoms with van der Waals surface area (Å²) in [7, 11) is 0. The molecule has 2 N–H and O–H groups in total. The minimum Gasteiger partial charge on any atom is -0.507 e. The zero-order valence-electron chi connectivity index (χ0n) is 13.7. The molecule has 124 valence electrons. The molecule has 5 heteroatoms. The van der Waals surface area contributed by atoms with Gasteiger partial charge in [-0.25, -0.2) is 4.98 Å². The lowest BCUT2D eigenvalue weighted by atomic mass is 9.96. The number of nitrogens with zero attached hydrogens (tertiary/aromatic N) is 2. The average molecular weight is 441 g/mol. The Morgan fingerprint density at radius 1 is 1.16 bits per heavy atom. The van der Waals surface area contributed by atoms with Crippen LogP contribution >= 0.6 is 22.6 Å². The molecule has 0 saturated carbocycles. The maximum Gasteiger partial charge on any atom is 0.131 e. The van der Waals surface area contributed by atoms with E-state index in [9.17, 15) is 5.11 Å². The monoisotopic (exact) mass is 441 g/mol. The Balaban J connectivity index is 1.87. The number of pyridine rings is 1. The molecule has 2 aromatic carbocycles. The van der Waals surface area contributed by atoms with Crippen LogP contribution in [0.15, 0.2) is 30.5 Å². The van der Waals surface area contributed by atoms with Crippen molar-refractivity contribution < 1.29 is 5.11 Å². The van der Waals surface area contributed by atoms with E-state index in [0.29, 0.717) is 5.75 Å². The number of benzene rings is 2. The molecule has 0 amide bonds. The van der Waals surface area contributed by atoms with E-state index in [2.05, 4.69) is 44.9 Å². The summed E-state index contributed by atoms with van der Waals surface area (Å²) in [5, 5.41) is 19.8. The summed E-state index contributed by atoms with van der Waals surface area (Å²) in [6, 6.07) is 8.21. The van der Waals surface area contributed by atoms with Crippen LogP contribution in [-0.4, -0.2) is 20.3 Å². The third-order valence-electron chi connectivity index (χ3n) is 5.17. The van der Waals surface area contributed by atoms with Crippen LogP contribution in [0.4, 0.5) is 0 Å². The van der Waals surface area contributed by atoms with Crippen LogP contribution in [0.25, 0.3) is 33.1 Å². The SMILES string of the molecule is Cc1cc(-c2nc3ccc4[nH]ncc4c3c3c2CCC3)cc(I)c1O. The number of aromatic hydroxyl groups is 1. The van der Waals surface area contributed by atoms with E-state index in [0.717, 1.165) is 56.1 Å². The summed E-state index contributed by atoms with van der Waals surface area (Å²) in [5.41, 5.74) is 7.88. The molecule has 0 aliphatic heterocycles. The number of hydrogen-bond donors (Lipinski definition) is 2.